The van der Waals surface area contributed by atoms with Crippen molar-refractivity contribution >= 4 is 24.0 Å². The fraction of sp³-hybridized carbons (Fsp3) is 0.591. The number of amides is 1. The maximum Gasteiger partial charge on any atom is 0.303 e. The number of nitrogens with one attached hydrogen (secondary N) is 1. The lowest BCUT2D eigenvalue weighted by Gasteiger charge is -2.43. The number of rotatable bonds is 10. The minimum atomic E-state index is -0.989. The highest BCUT2D eigenvalue weighted by molar-refractivity contribution is 5.92. The van der Waals surface area contributed by atoms with E-state index in [1.807, 2.05) is 20.8 Å². The SMILES string of the molecule is CCCC(=O)Nc1cc(CO)ccc1O[C@@H]1O[C@H](COC=O)[C@@H](C)[C@H](C)[C@H]1OC(C)=O. The molecule has 9 heteroatoms. The molecule has 1 aliphatic heterocycles. The number of carbonyl (C=O) groups is 3. The standard InChI is InChI=1S/C22H31NO8/c1-5-6-20(27)23-17-9-16(10-24)7-8-18(17)30-22-21(29-15(4)26)14(3)13(2)19(31-22)11-28-12-25/h7-9,12-14,19,21-22,24H,5-6,10-11H2,1-4H3,(H,23,27)/t13-,14-,19+,21+,22+/m0/s1. The van der Waals surface area contributed by atoms with Crippen LogP contribution in [0.15, 0.2) is 18.2 Å². The van der Waals surface area contributed by atoms with E-state index in [9.17, 15) is 19.5 Å². The summed E-state index contributed by atoms with van der Waals surface area (Å²) in [6.45, 7) is 7.21. The highest BCUT2D eigenvalue weighted by atomic mass is 16.7. The van der Waals surface area contributed by atoms with Gasteiger partial charge in [-0.1, -0.05) is 26.8 Å². The first-order valence-electron chi connectivity index (χ1n) is 10.4. The predicted octanol–water partition coefficient (Wildman–Crippen LogP) is 2.40. The Morgan fingerprint density at radius 2 is 2.00 bits per heavy atom. The lowest BCUT2D eigenvalue weighted by atomic mass is 9.83. The van der Waals surface area contributed by atoms with Crippen LogP contribution < -0.4 is 10.1 Å². The Balaban J connectivity index is 2.33. The lowest BCUT2D eigenvalue weighted by Crippen LogP contribution is -2.54. The second-order valence-electron chi connectivity index (χ2n) is 7.67. The minimum Gasteiger partial charge on any atom is -0.465 e. The Morgan fingerprint density at radius 3 is 2.61 bits per heavy atom. The van der Waals surface area contributed by atoms with Gasteiger partial charge in [0, 0.05) is 19.3 Å². The molecular formula is C22H31NO8. The summed E-state index contributed by atoms with van der Waals surface area (Å²) < 4.78 is 22.5. The second-order valence-corrected chi connectivity index (χ2v) is 7.67. The predicted molar refractivity (Wildman–Crippen MR) is 111 cm³/mol. The Morgan fingerprint density at radius 1 is 1.26 bits per heavy atom. The fourth-order valence-electron chi connectivity index (χ4n) is 3.47. The molecule has 1 heterocycles. The first kappa shape index (κ1) is 24.6. The molecule has 172 valence electrons. The van der Waals surface area contributed by atoms with Crippen molar-refractivity contribution in [3.8, 4) is 5.75 Å². The van der Waals surface area contributed by atoms with Gasteiger partial charge in [-0.3, -0.25) is 14.4 Å². The maximum atomic E-state index is 12.2. The third kappa shape index (κ3) is 6.67. The van der Waals surface area contributed by atoms with E-state index >= 15 is 0 Å². The third-order valence-electron chi connectivity index (χ3n) is 5.36. The van der Waals surface area contributed by atoms with Crippen molar-refractivity contribution in [1.29, 1.82) is 0 Å². The van der Waals surface area contributed by atoms with Gasteiger partial charge in [0.05, 0.1) is 18.4 Å². The first-order chi connectivity index (χ1) is 14.8. The van der Waals surface area contributed by atoms with Crippen LogP contribution in [-0.4, -0.2) is 48.6 Å². The van der Waals surface area contributed by atoms with E-state index in [0.29, 0.717) is 36.3 Å². The molecule has 1 aliphatic rings. The Hall–Kier alpha value is -2.65. The summed E-state index contributed by atoms with van der Waals surface area (Å²) in [6, 6.07) is 4.89. The molecule has 0 aromatic heterocycles. The molecule has 2 rings (SSSR count). The van der Waals surface area contributed by atoms with Crippen LogP contribution in [0.2, 0.25) is 0 Å². The molecule has 31 heavy (non-hydrogen) atoms. The molecule has 0 spiro atoms. The zero-order valence-electron chi connectivity index (χ0n) is 18.3. The van der Waals surface area contributed by atoms with Crippen LogP contribution in [0.3, 0.4) is 0 Å². The molecule has 0 bridgehead atoms. The molecule has 1 fully saturated rings. The highest BCUT2D eigenvalue weighted by Crippen LogP contribution is 2.36. The monoisotopic (exact) mass is 437 g/mol. The number of benzene rings is 1. The summed E-state index contributed by atoms with van der Waals surface area (Å²) in [5.74, 6) is -0.596. The molecular weight excluding hydrogens is 406 g/mol. The molecule has 1 aromatic carbocycles. The van der Waals surface area contributed by atoms with Crippen molar-refractivity contribution in [2.24, 2.45) is 11.8 Å². The number of esters is 1. The highest BCUT2D eigenvalue weighted by Gasteiger charge is 2.45. The summed E-state index contributed by atoms with van der Waals surface area (Å²) in [5, 5.41) is 12.2. The zero-order chi connectivity index (χ0) is 23.0. The van der Waals surface area contributed by atoms with E-state index in [4.69, 9.17) is 18.9 Å². The van der Waals surface area contributed by atoms with E-state index in [2.05, 4.69) is 5.32 Å². The number of aliphatic hydroxyl groups excluding tert-OH is 1. The molecule has 1 aromatic rings. The van der Waals surface area contributed by atoms with Gasteiger partial charge in [0.1, 0.15) is 12.4 Å². The van der Waals surface area contributed by atoms with Crippen LogP contribution in [0.25, 0.3) is 0 Å². The van der Waals surface area contributed by atoms with Gasteiger partial charge in [-0.25, -0.2) is 0 Å². The van der Waals surface area contributed by atoms with Crippen LogP contribution in [0, 0.1) is 11.8 Å². The van der Waals surface area contributed by atoms with Crippen LogP contribution >= 0.6 is 0 Å². The molecule has 1 amide bonds. The number of anilines is 1. The number of hydrogen-bond donors (Lipinski definition) is 2. The van der Waals surface area contributed by atoms with E-state index < -0.39 is 24.5 Å². The van der Waals surface area contributed by atoms with Crippen LogP contribution in [-0.2, 0) is 35.2 Å². The average Bonchev–Trinajstić information content (AvgIpc) is 2.73. The van der Waals surface area contributed by atoms with Crippen molar-refractivity contribution in [2.45, 2.75) is 65.6 Å². The summed E-state index contributed by atoms with van der Waals surface area (Å²) in [4.78, 5) is 34.5. The molecule has 0 radical (unpaired) electrons. The van der Waals surface area contributed by atoms with Crippen molar-refractivity contribution in [1.82, 2.24) is 0 Å². The molecule has 5 atom stereocenters. The Labute approximate surface area is 182 Å². The molecule has 1 saturated heterocycles. The molecule has 2 N–H and O–H groups in total. The lowest BCUT2D eigenvalue weighted by molar-refractivity contribution is -0.252. The quantitative estimate of drug-likeness (QED) is 0.423. The summed E-state index contributed by atoms with van der Waals surface area (Å²) >= 11 is 0. The molecule has 9 nitrogen and oxygen atoms in total. The van der Waals surface area contributed by atoms with Gasteiger partial charge in [-0.05, 0) is 30.0 Å². The maximum absolute atomic E-state index is 12.2. The summed E-state index contributed by atoms with van der Waals surface area (Å²) in [6.07, 6.45) is -1.16. The van der Waals surface area contributed by atoms with E-state index in [0.717, 1.165) is 0 Å². The van der Waals surface area contributed by atoms with Gasteiger partial charge in [0.15, 0.2) is 6.10 Å². The van der Waals surface area contributed by atoms with E-state index in [1.165, 1.54) is 6.92 Å². The van der Waals surface area contributed by atoms with E-state index in [1.54, 1.807) is 18.2 Å². The number of ether oxygens (including phenoxy) is 4. The molecule has 0 unspecified atom stereocenters. The van der Waals surface area contributed by atoms with Crippen molar-refractivity contribution in [2.75, 3.05) is 11.9 Å². The van der Waals surface area contributed by atoms with E-state index in [-0.39, 0.29) is 31.0 Å². The molecule has 0 aliphatic carbocycles. The van der Waals surface area contributed by atoms with Crippen LogP contribution in [0.4, 0.5) is 5.69 Å². The van der Waals surface area contributed by atoms with Gasteiger partial charge in [0.2, 0.25) is 12.2 Å². The number of carbonyl (C=O) groups excluding carboxylic acids is 3. The average molecular weight is 437 g/mol. The van der Waals surface area contributed by atoms with Crippen molar-refractivity contribution in [3.05, 3.63) is 23.8 Å². The van der Waals surface area contributed by atoms with Crippen LogP contribution in [0.5, 0.6) is 5.75 Å². The largest absolute Gasteiger partial charge is 0.465 e. The zero-order valence-corrected chi connectivity index (χ0v) is 18.3. The number of hydrogen-bond acceptors (Lipinski definition) is 8. The Bertz CT molecular complexity index is 768. The third-order valence-corrected chi connectivity index (χ3v) is 5.36. The van der Waals surface area contributed by atoms with Crippen molar-refractivity contribution < 1.29 is 38.4 Å². The minimum absolute atomic E-state index is 0.0329. The number of aliphatic hydroxyl groups is 1. The van der Waals surface area contributed by atoms with Gasteiger partial charge in [0.25, 0.3) is 6.47 Å². The van der Waals surface area contributed by atoms with Gasteiger partial charge in [-0.15, -0.1) is 0 Å². The summed E-state index contributed by atoms with van der Waals surface area (Å²) in [5.41, 5.74) is 0.974. The van der Waals surface area contributed by atoms with Gasteiger partial charge < -0.3 is 29.4 Å². The van der Waals surface area contributed by atoms with Gasteiger partial charge >= 0.3 is 5.97 Å². The smallest absolute Gasteiger partial charge is 0.303 e. The van der Waals surface area contributed by atoms with Crippen molar-refractivity contribution in [3.63, 3.8) is 0 Å². The van der Waals surface area contributed by atoms with Gasteiger partial charge in [-0.2, -0.15) is 0 Å². The molecule has 0 saturated carbocycles. The summed E-state index contributed by atoms with van der Waals surface area (Å²) in [7, 11) is 0. The Kier molecular flexibility index (Phi) is 9.26. The normalized spacial score (nSPS) is 25.4. The fourth-order valence-corrected chi connectivity index (χ4v) is 3.47. The van der Waals surface area contributed by atoms with Crippen LogP contribution in [0.1, 0.15) is 46.1 Å². The second kappa shape index (κ2) is 11.7. The first-order valence-corrected chi connectivity index (χ1v) is 10.4. The topological polar surface area (TPSA) is 120 Å².